The van der Waals surface area contributed by atoms with Gasteiger partial charge in [-0.1, -0.05) is 67.8 Å². The first-order valence-electron chi connectivity index (χ1n) is 15.6. The van der Waals surface area contributed by atoms with Gasteiger partial charge in [0.1, 0.15) is 24.1 Å². The van der Waals surface area contributed by atoms with Crippen LogP contribution in [-0.4, -0.2) is 59.2 Å². The molecule has 1 aliphatic carbocycles. The second-order valence-corrected chi connectivity index (χ2v) is 12.0. The third kappa shape index (κ3) is 7.08. The molecule has 2 N–H and O–H groups in total. The number of amides is 3. The summed E-state index contributed by atoms with van der Waals surface area (Å²) >= 11 is 0. The van der Waals surface area contributed by atoms with Gasteiger partial charge in [0.25, 0.3) is 5.91 Å². The normalized spacial score (nSPS) is 19.2. The molecular formula is C35H40N4O4. The number of carbonyl (C=O) groups excluding carboxylic acids is 3. The highest BCUT2D eigenvalue weighted by Gasteiger charge is 2.41. The number of para-hydroxylation sites is 1. The summed E-state index contributed by atoms with van der Waals surface area (Å²) in [7, 11) is 0. The Kier molecular flexibility index (Phi) is 9.03. The Hall–Kier alpha value is -4.17. The summed E-state index contributed by atoms with van der Waals surface area (Å²) in [5.74, 6) is 0.389. The van der Waals surface area contributed by atoms with Gasteiger partial charge in [0.15, 0.2) is 0 Å². The minimum atomic E-state index is -0.703. The molecule has 1 saturated heterocycles. The fourth-order valence-corrected chi connectivity index (χ4v) is 6.72. The van der Waals surface area contributed by atoms with E-state index in [1.165, 1.54) is 10.5 Å². The number of nitrogens with one attached hydrogen (secondary N) is 2. The van der Waals surface area contributed by atoms with Crippen molar-refractivity contribution in [2.24, 2.45) is 5.92 Å². The van der Waals surface area contributed by atoms with Crippen LogP contribution in [-0.2, 0) is 16.1 Å². The van der Waals surface area contributed by atoms with Gasteiger partial charge in [0.05, 0.1) is 11.3 Å². The van der Waals surface area contributed by atoms with Crippen molar-refractivity contribution in [3.8, 4) is 11.5 Å². The van der Waals surface area contributed by atoms with E-state index >= 15 is 0 Å². The molecule has 8 heteroatoms. The Bertz CT molecular complexity index is 1420. The molecule has 3 amide bonds. The van der Waals surface area contributed by atoms with E-state index in [9.17, 15) is 14.4 Å². The third-order valence-electron chi connectivity index (χ3n) is 8.93. The Morgan fingerprint density at radius 1 is 0.860 bits per heavy atom. The fourth-order valence-electron chi connectivity index (χ4n) is 6.72. The first-order valence-corrected chi connectivity index (χ1v) is 15.6. The highest BCUT2D eigenvalue weighted by molar-refractivity contribution is 6.10. The summed E-state index contributed by atoms with van der Waals surface area (Å²) < 4.78 is 6.00. The van der Waals surface area contributed by atoms with E-state index in [1.54, 1.807) is 18.2 Å². The fraction of sp³-hybridized carbons (Fsp3) is 0.400. The van der Waals surface area contributed by atoms with E-state index in [4.69, 9.17) is 4.74 Å². The van der Waals surface area contributed by atoms with Crippen molar-refractivity contribution < 1.29 is 19.1 Å². The Balaban J connectivity index is 1.19. The van der Waals surface area contributed by atoms with Crippen LogP contribution in [0.4, 0.5) is 5.69 Å². The van der Waals surface area contributed by atoms with E-state index in [-0.39, 0.29) is 36.2 Å². The second kappa shape index (κ2) is 13.4. The summed E-state index contributed by atoms with van der Waals surface area (Å²) in [5, 5.41) is 6.19. The van der Waals surface area contributed by atoms with Crippen molar-refractivity contribution in [2.45, 2.75) is 63.6 Å². The number of likely N-dealkylation sites (tertiary alicyclic amines) is 1. The van der Waals surface area contributed by atoms with Crippen LogP contribution in [0.2, 0.25) is 0 Å². The number of benzene rings is 3. The Labute approximate surface area is 253 Å². The number of rotatable bonds is 8. The van der Waals surface area contributed by atoms with Crippen LogP contribution in [0, 0.1) is 5.92 Å². The van der Waals surface area contributed by atoms with Gasteiger partial charge in [-0.2, -0.15) is 0 Å². The van der Waals surface area contributed by atoms with E-state index in [2.05, 4.69) is 39.8 Å². The number of fused-ring (bicyclic) bond motifs is 1. The molecule has 2 aliphatic heterocycles. The van der Waals surface area contributed by atoms with Crippen molar-refractivity contribution in [1.29, 1.82) is 0 Å². The van der Waals surface area contributed by atoms with Gasteiger partial charge in [-0.3, -0.25) is 19.3 Å². The molecule has 1 unspecified atom stereocenters. The Morgan fingerprint density at radius 3 is 2.28 bits per heavy atom. The first-order chi connectivity index (χ1) is 21.0. The molecule has 3 aliphatic rings. The topological polar surface area (TPSA) is 91.0 Å². The highest BCUT2D eigenvalue weighted by atomic mass is 16.5. The van der Waals surface area contributed by atoms with Crippen molar-refractivity contribution in [1.82, 2.24) is 15.1 Å². The van der Waals surface area contributed by atoms with E-state index in [0.717, 1.165) is 64.6 Å². The van der Waals surface area contributed by atoms with Crippen molar-refractivity contribution in [3.05, 3.63) is 90.0 Å². The third-order valence-corrected chi connectivity index (χ3v) is 8.93. The zero-order valence-electron chi connectivity index (χ0n) is 24.5. The van der Waals surface area contributed by atoms with Gasteiger partial charge < -0.3 is 20.3 Å². The van der Waals surface area contributed by atoms with E-state index < -0.39 is 6.04 Å². The highest BCUT2D eigenvalue weighted by Crippen LogP contribution is 2.34. The summed E-state index contributed by atoms with van der Waals surface area (Å²) in [4.78, 5) is 45.3. The van der Waals surface area contributed by atoms with Gasteiger partial charge in [-0.05, 0) is 67.5 Å². The molecule has 3 aromatic rings. The molecule has 0 spiro atoms. The largest absolute Gasteiger partial charge is 0.457 e. The van der Waals surface area contributed by atoms with Crippen LogP contribution in [0.15, 0.2) is 78.9 Å². The number of piperidine rings is 1. The monoisotopic (exact) mass is 580 g/mol. The van der Waals surface area contributed by atoms with Gasteiger partial charge in [-0.15, -0.1) is 0 Å². The molecule has 43 heavy (non-hydrogen) atoms. The minimum absolute atomic E-state index is 0.00831. The average molecular weight is 581 g/mol. The number of hydrogen-bond acceptors (Lipinski definition) is 5. The molecule has 0 aromatic heterocycles. The number of anilines is 1. The van der Waals surface area contributed by atoms with Crippen LogP contribution < -0.4 is 15.4 Å². The van der Waals surface area contributed by atoms with Gasteiger partial charge >= 0.3 is 0 Å². The first kappa shape index (κ1) is 28.9. The molecule has 0 bridgehead atoms. The molecule has 0 radical (unpaired) electrons. The number of hydrogen-bond donors (Lipinski definition) is 2. The average Bonchev–Trinajstić information content (AvgIpc) is 3.15. The lowest BCUT2D eigenvalue weighted by molar-refractivity contribution is -0.130. The van der Waals surface area contributed by atoms with E-state index in [0.29, 0.717) is 22.7 Å². The summed E-state index contributed by atoms with van der Waals surface area (Å²) in [5.41, 5.74) is 2.06. The molecule has 8 nitrogen and oxygen atoms in total. The zero-order valence-corrected chi connectivity index (χ0v) is 24.5. The molecule has 6 rings (SSSR count). The van der Waals surface area contributed by atoms with Crippen molar-refractivity contribution in [2.75, 3.05) is 25.0 Å². The lowest BCUT2D eigenvalue weighted by Gasteiger charge is -2.39. The van der Waals surface area contributed by atoms with Crippen LogP contribution in [0.1, 0.15) is 60.9 Å². The molecule has 2 heterocycles. The van der Waals surface area contributed by atoms with Crippen LogP contribution in [0.25, 0.3) is 0 Å². The lowest BCUT2D eigenvalue weighted by Crippen LogP contribution is -2.57. The lowest BCUT2D eigenvalue weighted by atomic mass is 9.82. The zero-order chi connectivity index (χ0) is 29.6. The molecule has 1 atom stereocenters. The number of nitrogens with zero attached hydrogens (tertiary/aromatic N) is 2. The van der Waals surface area contributed by atoms with Gasteiger partial charge in [0, 0.05) is 25.7 Å². The Morgan fingerprint density at radius 2 is 1.56 bits per heavy atom. The van der Waals surface area contributed by atoms with Crippen molar-refractivity contribution >= 4 is 23.4 Å². The molecular weight excluding hydrogens is 540 g/mol. The summed E-state index contributed by atoms with van der Waals surface area (Å²) in [6.07, 6.45) is 6.60. The quantitative estimate of drug-likeness (QED) is 0.362. The predicted octanol–water partition coefficient (Wildman–Crippen LogP) is 5.60. The van der Waals surface area contributed by atoms with Crippen molar-refractivity contribution in [3.63, 3.8) is 0 Å². The smallest absolute Gasteiger partial charge is 0.257 e. The minimum Gasteiger partial charge on any atom is -0.457 e. The molecule has 224 valence electrons. The SMILES string of the molecule is O=C1CN(C(C(=O)NC2CCN(Cc3ccccc3)CC2)C2CCCCC2)C(=O)c2cc(Oc3ccccc3)ccc2N1. The maximum absolute atomic E-state index is 14.2. The van der Waals surface area contributed by atoms with Gasteiger partial charge in [0.2, 0.25) is 11.8 Å². The summed E-state index contributed by atoms with van der Waals surface area (Å²) in [6.45, 7) is 2.54. The van der Waals surface area contributed by atoms with Crippen LogP contribution >= 0.6 is 0 Å². The van der Waals surface area contributed by atoms with Crippen LogP contribution in [0.3, 0.4) is 0 Å². The maximum Gasteiger partial charge on any atom is 0.257 e. The molecule has 2 fully saturated rings. The summed E-state index contributed by atoms with van der Waals surface area (Å²) in [6, 6.07) is 24.3. The standard InChI is InChI=1S/C35H40N4O4/c40-32-24-39(35(42)30-22-29(16-17-31(30)37-32)43-28-14-8-3-9-15-28)33(26-12-6-2-7-13-26)34(41)36-27-18-20-38(21-19-27)23-25-10-4-1-5-11-25/h1,3-5,8-11,14-17,22,26-27,33H,2,6-7,12-13,18-21,23-24H2,(H,36,41)(H,37,40). The van der Waals surface area contributed by atoms with E-state index in [1.807, 2.05) is 36.4 Å². The maximum atomic E-state index is 14.2. The second-order valence-electron chi connectivity index (χ2n) is 12.0. The van der Waals surface area contributed by atoms with Gasteiger partial charge in [-0.25, -0.2) is 0 Å². The number of carbonyl (C=O) groups is 3. The predicted molar refractivity (Wildman–Crippen MR) is 166 cm³/mol. The molecule has 3 aromatic carbocycles. The molecule has 1 saturated carbocycles. The number of ether oxygens (including phenoxy) is 1. The van der Waals surface area contributed by atoms with Crippen LogP contribution in [0.5, 0.6) is 11.5 Å².